The van der Waals surface area contributed by atoms with E-state index in [9.17, 15) is 9.59 Å². The molecule has 0 aromatic heterocycles. The maximum Gasteiger partial charge on any atom is 0.323 e. The van der Waals surface area contributed by atoms with E-state index in [-0.39, 0.29) is 12.3 Å². The fourth-order valence-corrected chi connectivity index (χ4v) is 1.98. The average Bonchev–Trinajstić information content (AvgIpc) is 2.27. The van der Waals surface area contributed by atoms with Gasteiger partial charge in [0.1, 0.15) is 12.6 Å². The molecule has 0 fully saturated rings. The van der Waals surface area contributed by atoms with Crippen molar-refractivity contribution in [3.8, 4) is 0 Å². The average molecular weight is 278 g/mol. The minimum atomic E-state index is -0.968. The molecule has 0 heterocycles. The van der Waals surface area contributed by atoms with E-state index in [4.69, 9.17) is 10.2 Å². The van der Waals surface area contributed by atoms with Crippen molar-refractivity contribution in [2.45, 2.75) is 6.04 Å². The van der Waals surface area contributed by atoms with Crippen LogP contribution in [0.5, 0.6) is 0 Å². The first kappa shape index (κ1) is 16.5. The smallest absolute Gasteiger partial charge is 0.323 e. The van der Waals surface area contributed by atoms with Gasteiger partial charge in [-0.3, -0.25) is 14.6 Å². The third kappa shape index (κ3) is 6.30. The molecule has 0 aliphatic carbocycles. The van der Waals surface area contributed by atoms with Crippen molar-refractivity contribution >= 4 is 29.8 Å². The molecule has 9 heteroatoms. The lowest BCUT2D eigenvalue weighted by Crippen LogP contribution is -2.41. The van der Waals surface area contributed by atoms with E-state index in [0.29, 0.717) is 5.96 Å². The highest BCUT2D eigenvalue weighted by molar-refractivity contribution is 7.98. The molecule has 1 atom stereocenters. The molecule has 0 aromatic rings. The van der Waals surface area contributed by atoms with Gasteiger partial charge in [-0.1, -0.05) is 0 Å². The molecule has 0 amide bonds. The Morgan fingerprint density at radius 2 is 2.06 bits per heavy atom. The number of carboxylic acid groups (broad SMARTS) is 2. The largest absolute Gasteiger partial charge is 0.480 e. The van der Waals surface area contributed by atoms with Crippen molar-refractivity contribution in [2.24, 2.45) is 4.99 Å². The predicted molar refractivity (Wildman–Crippen MR) is 69.7 cm³/mol. The van der Waals surface area contributed by atoms with Crippen molar-refractivity contribution in [2.75, 3.05) is 33.4 Å². The Kier molecular flexibility index (Phi) is 7.88. The molecule has 0 aliphatic heterocycles. The number of carboxylic acids is 2. The van der Waals surface area contributed by atoms with E-state index in [0.717, 1.165) is 11.9 Å². The topological polar surface area (TPSA) is 114 Å². The first-order chi connectivity index (χ1) is 8.42. The molecule has 0 radical (unpaired) electrons. The Morgan fingerprint density at radius 3 is 2.44 bits per heavy atom. The van der Waals surface area contributed by atoms with Gasteiger partial charge >= 0.3 is 11.9 Å². The predicted octanol–water partition coefficient (Wildman–Crippen LogP) is -1.10. The summed E-state index contributed by atoms with van der Waals surface area (Å²) in [5.74, 6) is -1.25. The Morgan fingerprint density at radius 1 is 1.44 bits per heavy atom. The summed E-state index contributed by atoms with van der Waals surface area (Å²) in [5, 5.41) is 20.1. The second-order valence-corrected chi connectivity index (χ2v) is 4.22. The number of nitrogens with one attached hydrogen (secondary N) is 2. The molecular formula is C9H18N4O4S. The summed E-state index contributed by atoms with van der Waals surface area (Å²) in [4.78, 5) is 26.6. The van der Waals surface area contributed by atoms with Crippen LogP contribution in [0.1, 0.15) is 0 Å². The van der Waals surface area contributed by atoms with E-state index < -0.39 is 18.0 Å². The van der Waals surface area contributed by atoms with E-state index in [1.54, 1.807) is 14.1 Å². The molecule has 8 nitrogen and oxygen atoms in total. The van der Waals surface area contributed by atoms with Crippen molar-refractivity contribution in [3.63, 3.8) is 0 Å². The number of nitrogens with zero attached hydrogens (tertiary/aromatic N) is 2. The highest BCUT2D eigenvalue weighted by Gasteiger charge is 2.16. The van der Waals surface area contributed by atoms with Crippen LogP contribution in [0, 0.1) is 0 Å². The SMILES string of the molecule is CN=C(NSCC(NC)C(=O)O)N(C)CC(=O)O. The van der Waals surface area contributed by atoms with Gasteiger partial charge in [-0.25, -0.2) is 0 Å². The molecule has 18 heavy (non-hydrogen) atoms. The summed E-state index contributed by atoms with van der Waals surface area (Å²) in [6.07, 6.45) is 0. The number of hydrogen-bond donors (Lipinski definition) is 4. The van der Waals surface area contributed by atoms with Crippen molar-refractivity contribution in [1.82, 2.24) is 14.9 Å². The van der Waals surface area contributed by atoms with Crippen LogP contribution in [-0.2, 0) is 9.59 Å². The number of likely N-dealkylation sites (N-methyl/N-ethyl adjacent to an activating group) is 2. The summed E-state index contributed by atoms with van der Waals surface area (Å²) < 4.78 is 2.82. The number of guanidine groups is 1. The lowest BCUT2D eigenvalue weighted by atomic mass is 10.3. The number of rotatable bonds is 7. The van der Waals surface area contributed by atoms with Crippen LogP contribution in [0.3, 0.4) is 0 Å². The number of hydrogen-bond acceptors (Lipinski definition) is 5. The number of aliphatic carboxylic acids is 2. The summed E-state index contributed by atoms with van der Waals surface area (Å²) in [7, 11) is 4.66. The first-order valence-electron chi connectivity index (χ1n) is 5.10. The number of aliphatic imine (C=N–C) groups is 1. The maximum absolute atomic E-state index is 10.7. The minimum Gasteiger partial charge on any atom is -0.480 e. The highest BCUT2D eigenvalue weighted by atomic mass is 32.2. The summed E-state index contributed by atoms with van der Waals surface area (Å²) in [6.45, 7) is -0.186. The second-order valence-electron chi connectivity index (χ2n) is 3.39. The van der Waals surface area contributed by atoms with E-state index in [1.165, 1.54) is 11.9 Å². The fourth-order valence-electron chi connectivity index (χ4n) is 1.04. The highest BCUT2D eigenvalue weighted by Crippen LogP contribution is 2.00. The molecule has 0 spiro atoms. The Hall–Kier alpha value is -1.48. The third-order valence-electron chi connectivity index (χ3n) is 2.01. The van der Waals surface area contributed by atoms with Crippen LogP contribution >= 0.6 is 11.9 Å². The van der Waals surface area contributed by atoms with Crippen LogP contribution in [-0.4, -0.2) is 72.5 Å². The molecule has 104 valence electrons. The van der Waals surface area contributed by atoms with Crippen LogP contribution < -0.4 is 10.0 Å². The van der Waals surface area contributed by atoms with Crippen molar-refractivity contribution < 1.29 is 19.8 Å². The Bertz CT molecular complexity index is 324. The summed E-state index contributed by atoms with van der Waals surface area (Å²) >= 11 is 1.14. The minimum absolute atomic E-state index is 0.186. The molecule has 0 saturated heterocycles. The van der Waals surface area contributed by atoms with Gasteiger partial charge in [0.25, 0.3) is 0 Å². The quantitative estimate of drug-likeness (QED) is 0.263. The lowest BCUT2D eigenvalue weighted by Gasteiger charge is -2.20. The van der Waals surface area contributed by atoms with Gasteiger partial charge in [0.15, 0.2) is 0 Å². The van der Waals surface area contributed by atoms with Crippen molar-refractivity contribution in [3.05, 3.63) is 0 Å². The molecule has 4 N–H and O–H groups in total. The zero-order valence-electron chi connectivity index (χ0n) is 10.5. The maximum atomic E-state index is 10.7. The third-order valence-corrected chi connectivity index (χ3v) is 2.83. The van der Waals surface area contributed by atoms with Crippen molar-refractivity contribution in [1.29, 1.82) is 0 Å². The summed E-state index contributed by atoms with van der Waals surface area (Å²) in [5.41, 5.74) is 0. The normalized spacial score (nSPS) is 12.9. The van der Waals surface area contributed by atoms with E-state index in [1.807, 2.05) is 0 Å². The standard InChI is InChI=1S/C9H18N4O4S/c1-10-6(8(16)17)5-18-12-9(11-2)13(3)4-7(14)15/h6,10H,4-5H2,1-3H3,(H,11,12)(H,14,15)(H,16,17). The molecule has 0 rings (SSSR count). The Balaban J connectivity index is 4.16. The molecule has 0 saturated carbocycles. The van der Waals surface area contributed by atoms with Gasteiger partial charge in [0.05, 0.1) is 0 Å². The van der Waals surface area contributed by atoms with Gasteiger partial charge in [-0.2, -0.15) is 0 Å². The van der Waals surface area contributed by atoms with Gasteiger partial charge in [-0.05, 0) is 19.0 Å². The molecule has 1 unspecified atom stereocenters. The first-order valence-corrected chi connectivity index (χ1v) is 6.08. The van der Waals surface area contributed by atoms with Gasteiger partial charge < -0.3 is 25.2 Å². The fraction of sp³-hybridized carbons (Fsp3) is 0.667. The Labute approximate surface area is 110 Å². The molecule has 0 aromatic carbocycles. The van der Waals surface area contributed by atoms with E-state index >= 15 is 0 Å². The van der Waals surface area contributed by atoms with Crippen LogP contribution in [0.4, 0.5) is 0 Å². The van der Waals surface area contributed by atoms with Crippen LogP contribution in [0.25, 0.3) is 0 Å². The molecule has 0 bridgehead atoms. The zero-order chi connectivity index (χ0) is 14.1. The van der Waals surface area contributed by atoms with Crippen LogP contribution in [0.15, 0.2) is 4.99 Å². The molecule has 0 aliphatic rings. The van der Waals surface area contributed by atoms with Crippen LogP contribution in [0.2, 0.25) is 0 Å². The summed E-state index contributed by atoms with van der Waals surface area (Å²) in [6, 6.07) is -0.676. The van der Waals surface area contributed by atoms with E-state index in [2.05, 4.69) is 15.0 Å². The molecular weight excluding hydrogens is 260 g/mol. The van der Waals surface area contributed by atoms with Gasteiger partial charge in [0.2, 0.25) is 5.96 Å². The lowest BCUT2D eigenvalue weighted by molar-refractivity contribution is -0.139. The zero-order valence-corrected chi connectivity index (χ0v) is 11.3. The van der Waals surface area contributed by atoms with Gasteiger partial charge in [-0.15, -0.1) is 0 Å². The monoisotopic (exact) mass is 278 g/mol. The second kappa shape index (κ2) is 8.59. The number of carbonyl (C=O) groups is 2. The van der Waals surface area contributed by atoms with Gasteiger partial charge in [0, 0.05) is 19.8 Å².